The molecule has 0 aliphatic heterocycles. The maximum absolute atomic E-state index is 6.07. The van der Waals surface area contributed by atoms with Crippen LogP contribution < -0.4 is 10.5 Å². The summed E-state index contributed by atoms with van der Waals surface area (Å²) in [5.41, 5.74) is 7.09. The first kappa shape index (κ1) is 14.9. The Morgan fingerprint density at radius 1 is 1.32 bits per heavy atom. The molecule has 0 bridgehead atoms. The van der Waals surface area contributed by atoms with Crippen LogP contribution in [0.15, 0.2) is 34.1 Å². The minimum atomic E-state index is -0.173. The van der Waals surface area contributed by atoms with E-state index in [1.54, 1.807) is 11.3 Å². The lowest BCUT2D eigenvalue weighted by Gasteiger charge is -2.22. The second kappa shape index (κ2) is 6.27. The van der Waals surface area contributed by atoms with Gasteiger partial charge in [-0.2, -0.15) is 0 Å². The molecule has 2 nitrogen and oxygen atoms in total. The maximum atomic E-state index is 6.07. The summed E-state index contributed by atoms with van der Waals surface area (Å²) in [6.07, 6.45) is -0.173. The van der Waals surface area contributed by atoms with Crippen LogP contribution >= 0.6 is 38.9 Å². The summed E-state index contributed by atoms with van der Waals surface area (Å²) in [5, 5.41) is 0.663. The number of hydrogen-bond donors (Lipinski definition) is 1. The fourth-order valence-electron chi connectivity index (χ4n) is 1.74. The van der Waals surface area contributed by atoms with Gasteiger partial charge in [-0.25, -0.2) is 0 Å². The normalized spacial score (nSPS) is 14.2. The number of benzene rings is 1. The Labute approximate surface area is 130 Å². The van der Waals surface area contributed by atoms with Crippen molar-refractivity contribution in [3.8, 4) is 5.75 Å². The highest BCUT2D eigenvalue weighted by molar-refractivity contribution is 9.11. The van der Waals surface area contributed by atoms with Crippen molar-refractivity contribution in [2.75, 3.05) is 0 Å². The first-order valence-electron chi connectivity index (χ1n) is 5.91. The third-order valence-electron chi connectivity index (χ3n) is 2.76. The summed E-state index contributed by atoms with van der Waals surface area (Å²) in [4.78, 5) is 1.10. The first-order valence-corrected chi connectivity index (χ1v) is 7.89. The van der Waals surface area contributed by atoms with Gasteiger partial charge in [0.15, 0.2) is 0 Å². The van der Waals surface area contributed by atoms with Crippen molar-refractivity contribution < 1.29 is 4.74 Å². The van der Waals surface area contributed by atoms with Crippen molar-refractivity contribution >= 4 is 38.9 Å². The highest BCUT2D eigenvalue weighted by Gasteiger charge is 2.21. The fraction of sp³-hybridized carbons (Fsp3) is 0.286. The van der Waals surface area contributed by atoms with E-state index in [1.165, 1.54) is 0 Å². The van der Waals surface area contributed by atoms with Crippen LogP contribution in [-0.4, -0.2) is 6.04 Å². The maximum Gasteiger partial charge on any atom is 0.148 e. The average Bonchev–Trinajstić information content (AvgIpc) is 2.76. The minimum absolute atomic E-state index is 0.107. The lowest BCUT2D eigenvalue weighted by Crippen LogP contribution is -2.28. The molecule has 2 aromatic rings. The van der Waals surface area contributed by atoms with Gasteiger partial charge in [-0.15, -0.1) is 11.3 Å². The van der Waals surface area contributed by atoms with Gasteiger partial charge in [0.2, 0.25) is 0 Å². The number of halogens is 2. The van der Waals surface area contributed by atoms with Crippen LogP contribution in [0.2, 0.25) is 5.02 Å². The monoisotopic (exact) mass is 359 g/mol. The van der Waals surface area contributed by atoms with E-state index < -0.39 is 0 Å². The molecular weight excluding hydrogens is 346 g/mol. The highest BCUT2D eigenvalue weighted by Crippen LogP contribution is 2.34. The van der Waals surface area contributed by atoms with Crippen molar-refractivity contribution in [1.82, 2.24) is 0 Å². The zero-order chi connectivity index (χ0) is 14.0. The Balaban J connectivity index is 2.29. The number of rotatable bonds is 4. The SMILES string of the molecule is Cc1ccc(Cl)cc1OC(c1ccc(Br)s1)C(C)N. The molecule has 0 amide bonds. The number of ether oxygens (including phenoxy) is 1. The Morgan fingerprint density at radius 2 is 2.05 bits per heavy atom. The number of hydrogen-bond acceptors (Lipinski definition) is 3. The van der Waals surface area contributed by atoms with Gasteiger partial charge in [0.25, 0.3) is 0 Å². The zero-order valence-electron chi connectivity index (χ0n) is 10.7. The van der Waals surface area contributed by atoms with Crippen LogP contribution in [0, 0.1) is 6.92 Å². The van der Waals surface area contributed by atoms with Gasteiger partial charge in [0.1, 0.15) is 11.9 Å². The van der Waals surface area contributed by atoms with Crippen molar-refractivity contribution in [3.05, 3.63) is 49.6 Å². The van der Waals surface area contributed by atoms with Crippen molar-refractivity contribution in [2.24, 2.45) is 5.73 Å². The van der Waals surface area contributed by atoms with Crippen LogP contribution in [0.1, 0.15) is 23.5 Å². The van der Waals surface area contributed by atoms with Crippen LogP contribution in [0.4, 0.5) is 0 Å². The van der Waals surface area contributed by atoms with Crippen LogP contribution in [0.5, 0.6) is 5.75 Å². The average molecular weight is 361 g/mol. The Hall–Kier alpha value is -0.550. The van der Waals surface area contributed by atoms with E-state index in [0.717, 1.165) is 20.0 Å². The molecule has 0 radical (unpaired) electrons. The molecule has 0 saturated carbocycles. The van der Waals surface area contributed by atoms with E-state index in [0.29, 0.717) is 5.02 Å². The van der Waals surface area contributed by atoms with Gasteiger partial charge in [-0.3, -0.25) is 0 Å². The quantitative estimate of drug-likeness (QED) is 0.838. The van der Waals surface area contributed by atoms with Gasteiger partial charge >= 0.3 is 0 Å². The molecule has 2 rings (SSSR count). The van der Waals surface area contributed by atoms with Gasteiger partial charge in [-0.05, 0) is 59.6 Å². The molecular formula is C14H15BrClNOS. The summed E-state index contributed by atoms with van der Waals surface area (Å²) < 4.78 is 7.14. The Bertz CT molecular complexity index is 570. The van der Waals surface area contributed by atoms with E-state index in [-0.39, 0.29) is 12.1 Å². The fourth-order valence-corrected chi connectivity index (χ4v) is 3.47. The second-order valence-electron chi connectivity index (χ2n) is 4.45. The molecule has 0 saturated heterocycles. The molecule has 5 heteroatoms. The predicted molar refractivity (Wildman–Crippen MR) is 85.2 cm³/mol. The molecule has 0 aliphatic carbocycles. The van der Waals surface area contributed by atoms with Gasteiger partial charge in [0, 0.05) is 15.9 Å². The molecule has 1 aromatic carbocycles. The smallest absolute Gasteiger partial charge is 0.148 e. The summed E-state index contributed by atoms with van der Waals surface area (Å²) in [6.45, 7) is 3.94. The number of nitrogens with two attached hydrogens (primary N) is 1. The van der Waals surface area contributed by atoms with Crippen molar-refractivity contribution in [2.45, 2.75) is 26.0 Å². The van der Waals surface area contributed by atoms with E-state index in [1.807, 2.05) is 44.2 Å². The largest absolute Gasteiger partial charge is 0.483 e. The third kappa shape index (κ3) is 3.72. The van der Waals surface area contributed by atoms with Gasteiger partial charge < -0.3 is 10.5 Å². The molecule has 102 valence electrons. The van der Waals surface area contributed by atoms with E-state index >= 15 is 0 Å². The molecule has 2 atom stereocenters. The Kier molecular flexibility index (Phi) is 4.90. The lowest BCUT2D eigenvalue weighted by molar-refractivity contribution is 0.183. The van der Waals surface area contributed by atoms with Gasteiger partial charge in [-0.1, -0.05) is 17.7 Å². The van der Waals surface area contributed by atoms with Crippen LogP contribution in [-0.2, 0) is 0 Å². The molecule has 0 spiro atoms. The highest BCUT2D eigenvalue weighted by atomic mass is 79.9. The topological polar surface area (TPSA) is 35.2 Å². The zero-order valence-corrected chi connectivity index (χ0v) is 13.8. The van der Waals surface area contributed by atoms with E-state index in [4.69, 9.17) is 22.1 Å². The molecule has 1 aromatic heterocycles. The summed E-state index contributed by atoms with van der Waals surface area (Å²) in [6, 6.07) is 9.55. The minimum Gasteiger partial charge on any atom is -0.483 e. The van der Waals surface area contributed by atoms with E-state index in [2.05, 4.69) is 15.9 Å². The van der Waals surface area contributed by atoms with Crippen LogP contribution in [0.25, 0.3) is 0 Å². The molecule has 0 fully saturated rings. The lowest BCUT2D eigenvalue weighted by atomic mass is 10.1. The van der Waals surface area contributed by atoms with E-state index in [9.17, 15) is 0 Å². The summed E-state index contributed by atoms with van der Waals surface area (Å²) >= 11 is 11.1. The first-order chi connectivity index (χ1) is 8.97. The number of thiophene rings is 1. The van der Waals surface area contributed by atoms with Crippen molar-refractivity contribution in [1.29, 1.82) is 0 Å². The third-order valence-corrected chi connectivity index (χ3v) is 4.68. The van der Waals surface area contributed by atoms with Gasteiger partial charge in [0.05, 0.1) is 3.79 Å². The molecule has 2 N–H and O–H groups in total. The molecule has 0 aliphatic rings. The van der Waals surface area contributed by atoms with Crippen LogP contribution in [0.3, 0.4) is 0 Å². The molecule has 2 unspecified atom stereocenters. The summed E-state index contributed by atoms with van der Waals surface area (Å²) in [5.74, 6) is 0.777. The van der Waals surface area contributed by atoms with Crippen molar-refractivity contribution in [3.63, 3.8) is 0 Å². The second-order valence-corrected chi connectivity index (χ2v) is 7.38. The molecule has 1 heterocycles. The summed E-state index contributed by atoms with van der Waals surface area (Å²) in [7, 11) is 0. The molecule has 19 heavy (non-hydrogen) atoms. The Morgan fingerprint density at radius 3 is 2.63 bits per heavy atom. The predicted octanol–water partition coefficient (Wildman–Crippen LogP) is 4.94. The standard InChI is InChI=1S/C14H15BrClNOS/c1-8-3-4-10(16)7-11(8)18-14(9(2)17)12-5-6-13(15)19-12/h3-7,9,14H,17H2,1-2H3. The number of aryl methyl sites for hydroxylation is 1.